The van der Waals surface area contributed by atoms with Crippen LogP contribution in [0.3, 0.4) is 0 Å². The Morgan fingerprint density at radius 2 is 2.25 bits per heavy atom. The number of benzene rings is 1. The number of nitrogens with zero attached hydrogens (tertiary/aromatic N) is 1. The van der Waals surface area contributed by atoms with E-state index in [2.05, 4.69) is 9.97 Å². The van der Waals surface area contributed by atoms with Gasteiger partial charge >= 0.3 is 5.69 Å². The molecule has 12 heavy (non-hydrogen) atoms. The molecule has 0 radical (unpaired) electrons. The van der Waals surface area contributed by atoms with Gasteiger partial charge in [-0.15, -0.1) is 0 Å². The van der Waals surface area contributed by atoms with Crippen molar-refractivity contribution in [3.8, 4) is 5.75 Å². The van der Waals surface area contributed by atoms with E-state index in [1.54, 1.807) is 12.1 Å². The van der Waals surface area contributed by atoms with Gasteiger partial charge in [-0.05, 0) is 6.07 Å². The lowest BCUT2D eigenvalue weighted by Gasteiger charge is -1.97. The van der Waals surface area contributed by atoms with E-state index in [-0.39, 0.29) is 5.75 Å². The van der Waals surface area contributed by atoms with Crippen LogP contribution in [0, 0.1) is 0 Å². The highest BCUT2D eigenvalue weighted by Crippen LogP contribution is 2.18. The molecule has 0 bridgehead atoms. The number of rotatable bonds is 0. The van der Waals surface area contributed by atoms with Crippen molar-refractivity contribution >= 4 is 10.9 Å². The molecular formula is C8H6N2O2. The first-order chi connectivity index (χ1) is 5.77. The quantitative estimate of drug-likeness (QED) is 0.597. The van der Waals surface area contributed by atoms with E-state index < -0.39 is 5.69 Å². The fourth-order valence-electron chi connectivity index (χ4n) is 1.07. The Morgan fingerprint density at radius 3 is 3.08 bits per heavy atom. The minimum absolute atomic E-state index is 0.0620. The summed E-state index contributed by atoms with van der Waals surface area (Å²) >= 11 is 0. The number of hydrogen-bond donors (Lipinski definition) is 2. The standard InChI is InChI=1S/C8H6N2O2/c11-6-3-1-2-5-4-9-8(12)10-7(5)6/h1-4,11H,(H,9,10,12). The zero-order chi connectivity index (χ0) is 8.55. The van der Waals surface area contributed by atoms with Crippen LogP contribution in [-0.2, 0) is 0 Å². The third-order valence-corrected chi connectivity index (χ3v) is 1.63. The molecular weight excluding hydrogens is 156 g/mol. The molecule has 0 aliphatic carbocycles. The minimum atomic E-state index is -0.455. The maximum atomic E-state index is 10.8. The largest absolute Gasteiger partial charge is 0.506 e. The zero-order valence-electron chi connectivity index (χ0n) is 6.11. The summed E-state index contributed by atoms with van der Waals surface area (Å²) in [6.45, 7) is 0. The second kappa shape index (κ2) is 2.34. The molecule has 0 atom stereocenters. The molecule has 2 rings (SSSR count). The number of aromatic nitrogens is 2. The molecule has 1 heterocycles. The molecule has 2 aromatic rings. The Labute approximate surface area is 67.5 Å². The van der Waals surface area contributed by atoms with Crippen LogP contribution < -0.4 is 5.69 Å². The van der Waals surface area contributed by atoms with Crippen molar-refractivity contribution in [2.24, 2.45) is 0 Å². The lowest BCUT2D eigenvalue weighted by atomic mass is 10.2. The summed E-state index contributed by atoms with van der Waals surface area (Å²) in [5.41, 5.74) is -0.0264. The van der Waals surface area contributed by atoms with E-state index in [1.807, 2.05) is 0 Å². The van der Waals surface area contributed by atoms with Crippen LogP contribution in [-0.4, -0.2) is 15.1 Å². The van der Waals surface area contributed by atoms with E-state index in [4.69, 9.17) is 0 Å². The Balaban J connectivity index is 2.97. The molecule has 0 amide bonds. The van der Waals surface area contributed by atoms with E-state index in [1.165, 1.54) is 12.3 Å². The first-order valence-corrected chi connectivity index (χ1v) is 3.44. The van der Waals surface area contributed by atoms with Crippen LogP contribution in [0.5, 0.6) is 5.75 Å². The van der Waals surface area contributed by atoms with Crippen molar-refractivity contribution in [2.75, 3.05) is 0 Å². The van der Waals surface area contributed by atoms with Gasteiger partial charge < -0.3 is 10.1 Å². The van der Waals surface area contributed by atoms with Gasteiger partial charge in [-0.1, -0.05) is 12.1 Å². The lowest BCUT2D eigenvalue weighted by Crippen LogP contribution is -2.08. The third kappa shape index (κ3) is 0.934. The highest BCUT2D eigenvalue weighted by atomic mass is 16.3. The van der Waals surface area contributed by atoms with Crippen molar-refractivity contribution in [3.63, 3.8) is 0 Å². The number of para-hydroxylation sites is 1. The Kier molecular flexibility index (Phi) is 1.33. The van der Waals surface area contributed by atoms with Crippen LogP contribution >= 0.6 is 0 Å². The first-order valence-electron chi connectivity index (χ1n) is 3.44. The van der Waals surface area contributed by atoms with Gasteiger partial charge in [0.15, 0.2) is 0 Å². The molecule has 0 saturated heterocycles. The van der Waals surface area contributed by atoms with Crippen molar-refractivity contribution in [1.82, 2.24) is 9.97 Å². The Morgan fingerprint density at radius 1 is 1.42 bits per heavy atom. The second-order valence-electron chi connectivity index (χ2n) is 2.43. The minimum Gasteiger partial charge on any atom is -0.506 e. The maximum absolute atomic E-state index is 10.8. The smallest absolute Gasteiger partial charge is 0.345 e. The molecule has 4 nitrogen and oxygen atoms in total. The topological polar surface area (TPSA) is 66.0 Å². The summed E-state index contributed by atoms with van der Waals surface area (Å²) in [5, 5.41) is 10.0. The van der Waals surface area contributed by atoms with Crippen molar-refractivity contribution in [1.29, 1.82) is 0 Å². The van der Waals surface area contributed by atoms with Crippen molar-refractivity contribution in [3.05, 3.63) is 34.9 Å². The van der Waals surface area contributed by atoms with Gasteiger partial charge in [-0.3, -0.25) is 0 Å². The average Bonchev–Trinajstić information content (AvgIpc) is 2.07. The number of fused-ring (bicyclic) bond motifs is 1. The second-order valence-corrected chi connectivity index (χ2v) is 2.43. The molecule has 0 saturated carbocycles. The molecule has 1 aromatic carbocycles. The molecule has 0 unspecified atom stereocenters. The summed E-state index contributed by atoms with van der Waals surface area (Å²) < 4.78 is 0. The predicted molar refractivity (Wildman–Crippen MR) is 44.0 cm³/mol. The fraction of sp³-hybridized carbons (Fsp3) is 0. The van der Waals surface area contributed by atoms with Gasteiger partial charge in [0.05, 0.1) is 5.52 Å². The highest BCUT2D eigenvalue weighted by Gasteiger charge is 1.98. The molecule has 0 spiro atoms. The average molecular weight is 162 g/mol. The van der Waals surface area contributed by atoms with Gasteiger partial charge in [0.25, 0.3) is 0 Å². The van der Waals surface area contributed by atoms with Gasteiger partial charge in [0.1, 0.15) is 5.75 Å². The summed E-state index contributed by atoms with van der Waals surface area (Å²) in [7, 11) is 0. The number of phenolic OH excluding ortho intramolecular Hbond substituents is 1. The molecule has 60 valence electrons. The predicted octanol–water partition coefficient (Wildman–Crippen LogP) is 0.629. The van der Waals surface area contributed by atoms with Gasteiger partial charge in [-0.25, -0.2) is 9.78 Å². The monoisotopic (exact) mass is 162 g/mol. The summed E-state index contributed by atoms with van der Waals surface area (Å²) in [5.74, 6) is 0.0620. The summed E-state index contributed by atoms with van der Waals surface area (Å²) in [6, 6.07) is 4.97. The number of H-pyrrole nitrogens is 1. The van der Waals surface area contributed by atoms with Crippen molar-refractivity contribution in [2.45, 2.75) is 0 Å². The summed E-state index contributed by atoms with van der Waals surface area (Å²) in [4.78, 5) is 16.7. The van der Waals surface area contributed by atoms with E-state index in [0.29, 0.717) is 5.52 Å². The van der Waals surface area contributed by atoms with E-state index >= 15 is 0 Å². The van der Waals surface area contributed by atoms with E-state index in [0.717, 1.165) is 5.39 Å². The van der Waals surface area contributed by atoms with Gasteiger partial charge in [-0.2, -0.15) is 0 Å². The molecule has 1 aromatic heterocycles. The zero-order valence-corrected chi connectivity index (χ0v) is 6.11. The summed E-state index contributed by atoms with van der Waals surface area (Å²) in [6.07, 6.45) is 1.42. The Hall–Kier alpha value is -1.84. The Bertz CT molecular complexity index is 476. The molecule has 0 aliphatic heterocycles. The molecule has 2 N–H and O–H groups in total. The molecule has 4 heteroatoms. The van der Waals surface area contributed by atoms with Gasteiger partial charge in [0, 0.05) is 11.6 Å². The van der Waals surface area contributed by atoms with Crippen LogP contribution in [0.4, 0.5) is 0 Å². The lowest BCUT2D eigenvalue weighted by molar-refractivity contribution is 0.480. The van der Waals surface area contributed by atoms with Crippen LogP contribution in [0.25, 0.3) is 10.9 Å². The maximum Gasteiger partial charge on any atom is 0.345 e. The number of phenols is 1. The normalized spacial score (nSPS) is 10.3. The number of aromatic amines is 1. The first kappa shape index (κ1) is 6.84. The van der Waals surface area contributed by atoms with Crippen LogP contribution in [0.1, 0.15) is 0 Å². The van der Waals surface area contributed by atoms with Crippen LogP contribution in [0.2, 0.25) is 0 Å². The van der Waals surface area contributed by atoms with Gasteiger partial charge in [0.2, 0.25) is 0 Å². The third-order valence-electron chi connectivity index (χ3n) is 1.63. The van der Waals surface area contributed by atoms with E-state index in [9.17, 15) is 9.90 Å². The highest BCUT2D eigenvalue weighted by molar-refractivity contribution is 5.82. The SMILES string of the molecule is O=c1ncc2cccc(O)c2[nH]1. The molecule has 0 aliphatic rings. The molecule has 0 fully saturated rings. The van der Waals surface area contributed by atoms with Crippen LogP contribution in [0.15, 0.2) is 29.2 Å². The van der Waals surface area contributed by atoms with Crippen molar-refractivity contribution < 1.29 is 5.11 Å². The number of aromatic hydroxyl groups is 1. The number of hydrogen-bond acceptors (Lipinski definition) is 3. The fourth-order valence-corrected chi connectivity index (χ4v) is 1.07. The number of nitrogens with one attached hydrogen (secondary N) is 1.